The van der Waals surface area contributed by atoms with Gasteiger partial charge in [0.2, 0.25) is 5.91 Å². The molecule has 0 aliphatic heterocycles. The maximum Gasteiger partial charge on any atom is 0.224 e. The van der Waals surface area contributed by atoms with Gasteiger partial charge in [-0.15, -0.1) is 5.41 Å². The molecule has 0 saturated carbocycles. The van der Waals surface area contributed by atoms with E-state index in [1.807, 2.05) is 18.2 Å². The summed E-state index contributed by atoms with van der Waals surface area (Å²) in [5.74, 6) is -0.664. The Bertz CT molecular complexity index is 522. The van der Waals surface area contributed by atoms with Crippen LogP contribution in [0.15, 0.2) is 18.2 Å². The Kier molecular flexibility index (Phi) is 7.12. The zero-order valence-electron chi connectivity index (χ0n) is 11.5. The van der Waals surface area contributed by atoms with Gasteiger partial charge >= 0.3 is 0 Å². The SMILES string of the molecule is [B].[CH2-]C1(C([NH-])=O)Cc2ccc(NC(=O)CC)cc2C1.[Y]. The van der Waals surface area contributed by atoms with Crippen LogP contribution in [0, 0.1) is 12.3 Å². The smallest absolute Gasteiger partial charge is 0.224 e. The van der Waals surface area contributed by atoms with E-state index in [1.165, 1.54) is 0 Å². The zero-order valence-corrected chi connectivity index (χ0v) is 14.4. The fourth-order valence-electron chi connectivity index (χ4n) is 2.24. The van der Waals surface area contributed by atoms with Gasteiger partial charge in [-0.1, -0.05) is 13.0 Å². The number of carbonyl (C=O) groups is 2. The molecule has 1 unspecified atom stereocenters. The van der Waals surface area contributed by atoms with Crippen LogP contribution in [0.3, 0.4) is 0 Å². The minimum atomic E-state index is -0.851. The number of carbonyl (C=O) groups excluding carboxylic acids is 2. The molecule has 0 bridgehead atoms. The summed E-state index contributed by atoms with van der Waals surface area (Å²) in [5.41, 5.74) is 9.20. The molecule has 0 saturated heterocycles. The van der Waals surface area contributed by atoms with Gasteiger partial charge in [0, 0.05) is 59.1 Å². The van der Waals surface area contributed by atoms with Gasteiger partial charge in [-0.25, -0.2) is 0 Å². The van der Waals surface area contributed by atoms with Crippen molar-refractivity contribution in [2.75, 3.05) is 5.32 Å². The maximum absolute atomic E-state index is 11.3. The van der Waals surface area contributed by atoms with Crippen LogP contribution >= 0.6 is 0 Å². The van der Waals surface area contributed by atoms with Gasteiger partial charge in [0.1, 0.15) is 0 Å². The molecule has 20 heavy (non-hydrogen) atoms. The van der Waals surface area contributed by atoms with Crippen LogP contribution in [-0.2, 0) is 55.1 Å². The number of amides is 2. The third kappa shape index (κ3) is 3.92. The molecule has 0 spiro atoms. The molecule has 1 aromatic carbocycles. The Hall–Kier alpha value is -0.671. The molecule has 1 aromatic rings. The predicted octanol–water partition coefficient (Wildman–Crippen LogP) is 2.15. The van der Waals surface area contributed by atoms with Crippen LogP contribution in [0.5, 0.6) is 0 Å². The van der Waals surface area contributed by atoms with Gasteiger partial charge < -0.3 is 22.8 Å². The molecule has 4 nitrogen and oxygen atoms in total. The van der Waals surface area contributed by atoms with Gasteiger partial charge in [-0.2, -0.15) is 0 Å². The molecular formula is C14H16BN2O2Y-2. The maximum atomic E-state index is 11.3. The van der Waals surface area contributed by atoms with Crippen molar-refractivity contribution in [2.24, 2.45) is 5.41 Å². The van der Waals surface area contributed by atoms with E-state index in [9.17, 15) is 9.59 Å². The van der Waals surface area contributed by atoms with E-state index in [4.69, 9.17) is 5.73 Å². The van der Waals surface area contributed by atoms with Crippen molar-refractivity contribution in [2.45, 2.75) is 26.2 Å². The van der Waals surface area contributed by atoms with E-state index in [0.717, 1.165) is 16.8 Å². The second-order valence-corrected chi connectivity index (χ2v) is 4.85. The number of hydrogen-bond acceptors (Lipinski definition) is 2. The topological polar surface area (TPSA) is 70.0 Å². The predicted molar refractivity (Wildman–Crippen MR) is 75.6 cm³/mol. The summed E-state index contributed by atoms with van der Waals surface area (Å²) in [6, 6.07) is 5.60. The Morgan fingerprint density at radius 1 is 1.35 bits per heavy atom. The van der Waals surface area contributed by atoms with Gasteiger partial charge in [-0.3, -0.25) is 4.79 Å². The number of fused-ring (bicyclic) bond motifs is 1. The number of hydrogen-bond donors (Lipinski definition) is 1. The van der Waals surface area contributed by atoms with Crippen LogP contribution in [0.4, 0.5) is 5.69 Å². The van der Waals surface area contributed by atoms with Gasteiger partial charge in [0.25, 0.3) is 0 Å². The molecule has 0 heterocycles. The van der Waals surface area contributed by atoms with Crippen molar-refractivity contribution in [3.8, 4) is 0 Å². The van der Waals surface area contributed by atoms with E-state index in [1.54, 1.807) is 6.92 Å². The fraction of sp³-hybridized carbons (Fsp3) is 0.357. The van der Waals surface area contributed by atoms with Crippen LogP contribution in [0.25, 0.3) is 5.73 Å². The molecule has 1 aliphatic rings. The molecule has 0 aromatic heterocycles. The molecule has 4 radical (unpaired) electrons. The van der Waals surface area contributed by atoms with E-state index in [0.29, 0.717) is 19.3 Å². The number of nitrogens with one attached hydrogen (secondary N) is 2. The van der Waals surface area contributed by atoms with Crippen LogP contribution in [0.2, 0.25) is 0 Å². The first kappa shape index (κ1) is 19.3. The third-order valence-corrected chi connectivity index (χ3v) is 3.35. The molecule has 2 rings (SSSR count). The van der Waals surface area contributed by atoms with Gasteiger partial charge in [0.15, 0.2) is 0 Å². The summed E-state index contributed by atoms with van der Waals surface area (Å²) in [7, 11) is 0. The quantitative estimate of drug-likeness (QED) is 0.674. The van der Waals surface area contributed by atoms with E-state index in [2.05, 4.69) is 12.2 Å². The minimum absolute atomic E-state index is 0. The van der Waals surface area contributed by atoms with Crippen LogP contribution < -0.4 is 5.32 Å². The molecule has 0 fully saturated rings. The summed E-state index contributed by atoms with van der Waals surface area (Å²) in [5, 5.41) is 2.79. The van der Waals surface area contributed by atoms with Crippen molar-refractivity contribution in [3.63, 3.8) is 0 Å². The largest absolute Gasteiger partial charge is 0.670 e. The Labute approximate surface area is 146 Å². The van der Waals surface area contributed by atoms with Gasteiger partial charge in [0.05, 0.1) is 0 Å². The van der Waals surface area contributed by atoms with Crippen molar-refractivity contribution < 1.29 is 42.3 Å². The standard InChI is InChI=1S/C14H17N2O2.B.Y/c1-3-12(17)16-11-5-4-9-7-14(2,13(15)18)8-10(9)6-11;;/h4-6H,2-3,7-8H2,1H3,(H3,15,16,17,18);;/q-1;;/p-1. The fourth-order valence-corrected chi connectivity index (χ4v) is 2.24. The summed E-state index contributed by atoms with van der Waals surface area (Å²) in [6.45, 7) is 5.66. The first-order chi connectivity index (χ1) is 8.44. The van der Waals surface area contributed by atoms with Gasteiger partial charge in [-0.05, 0) is 36.1 Å². The molecule has 2 N–H and O–H groups in total. The van der Waals surface area contributed by atoms with E-state index >= 15 is 0 Å². The minimum Gasteiger partial charge on any atom is -0.670 e. The average molecular weight is 344 g/mol. The molecule has 1 aliphatic carbocycles. The molecule has 102 valence electrons. The Morgan fingerprint density at radius 3 is 2.50 bits per heavy atom. The third-order valence-electron chi connectivity index (χ3n) is 3.35. The van der Waals surface area contributed by atoms with Crippen LogP contribution in [-0.4, -0.2) is 20.2 Å². The van der Waals surface area contributed by atoms with Crippen molar-refractivity contribution in [1.82, 2.24) is 0 Å². The van der Waals surface area contributed by atoms with E-state index < -0.39 is 11.3 Å². The normalized spacial score (nSPS) is 19.3. The first-order valence-electron chi connectivity index (χ1n) is 5.97. The van der Waals surface area contributed by atoms with Crippen molar-refractivity contribution >= 4 is 25.9 Å². The number of anilines is 1. The monoisotopic (exact) mass is 344 g/mol. The molecular weight excluding hydrogens is 328 g/mol. The first-order valence-corrected chi connectivity index (χ1v) is 5.97. The van der Waals surface area contributed by atoms with Crippen molar-refractivity contribution in [1.29, 1.82) is 0 Å². The summed E-state index contributed by atoms with van der Waals surface area (Å²) in [4.78, 5) is 22.6. The van der Waals surface area contributed by atoms with E-state index in [-0.39, 0.29) is 47.0 Å². The molecule has 2 amide bonds. The Morgan fingerprint density at radius 2 is 1.95 bits per heavy atom. The molecule has 1 atom stereocenters. The molecule has 6 heteroatoms. The number of benzene rings is 1. The zero-order chi connectivity index (χ0) is 13.3. The van der Waals surface area contributed by atoms with Crippen molar-refractivity contribution in [3.05, 3.63) is 42.0 Å². The average Bonchev–Trinajstić information content (AvgIpc) is 2.66. The summed E-state index contributed by atoms with van der Waals surface area (Å²) >= 11 is 0. The number of rotatable bonds is 3. The second kappa shape index (κ2) is 7.37. The van der Waals surface area contributed by atoms with Crippen LogP contribution in [0.1, 0.15) is 24.5 Å². The second-order valence-electron chi connectivity index (χ2n) is 4.85. The summed E-state index contributed by atoms with van der Waals surface area (Å²) in [6.07, 6.45) is 1.41. The Balaban J connectivity index is 0.00000180. The summed E-state index contributed by atoms with van der Waals surface area (Å²) < 4.78 is 0.